The fraction of sp³-hybridized carbons (Fsp3) is 0.538. The summed E-state index contributed by atoms with van der Waals surface area (Å²) in [6, 6.07) is 0. The highest BCUT2D eigenvalue weighted by molar-refractivity contribution is 5.46. The average molecular weight is 247 g/mol. The summed E-state index contributed by atoms with van der Waals surface area (Å²) in [5.74, 6) is 1.54. The van der Waals surface area contributed by atoms with Crippen LogP contribution in [-0.2, 0) is 19.5 Å². The van der Waals surface area contributed by atoms with Gasteiger partial charge in [0, 0.05) is 18.9 Å². The van der Waals surface area contributed by atoms with Crippen LogP contribution in [0.25, 0.3) is 0 Å². The SMILES string of the molecule is CCc1c(NCc2ncc[nH]2)cnn1CC(C)C. The van der Waals surface area contributed by atoms with Crippen molar-refractivity contribution < 1.29 is 0 Å². The molecule has 0 atom stereocenters. The quantitative estimate of drug-likeness (QED) is 0.824. The standard InChI is InChI=1S/C13H21N5/c1-4-12-11(7-17-18(12)9-10(2)3)16-8-13-14-5-6-15-13/h5-7,10,16H,4,8-9H2,1-3H3,(H,14,15). The molecule has 0 aromatic carbocycles. The van der Waals surface area contributed by atoms with Crippen LogP contribution >= 0.6 is 0 Å². The number of H-pyrrole nitrogens is 1. The average Bonchev–Trinajstić information content (AvgIpc) is 2.94. The highest BCUT2D eigenvalue weighted by Gasteiger charge is 2.10. The molecule has 0 amide bonds. The zero-order valence-electron chi connectivity index (χ0n) is 11.3. The molecule has 0 radical (unpaired) electrons. The molecular weight excluding hydrogens is 226 g/mol. The molecule has 0 unspecified atom stereocenters. The minimum Gasteiger partial charge on any atom is -0.375 e. The summed E-state index contributed by atoms with van der Waals surface area (Å²) in [5.41, 5.74) is 2.37. The fourth-order valence-corrected chi connectivity index (χ4v) is 2.01. The van der Waals surface area contributed by atoms with E-state index in [1.807, 2.05) is 12.4 Å². The van der Waals surface area contributed by atoms with E-state index in [-0.39, 0.29) is 0 Å². The highest BCUT2D eigenvalue weighted by Crippen LogP contribution is 2.17. The van der Waals surface area contributed by atoms with E-state index in [4.69, 9.17) is 0 Å². The van der Waals surface area contributed by atoms with Gasteiger partial charge in [0.15, 0.2) is 0 Å². The maximum atomic E-state index is 4.45. The first-order chi connectivity index (χ1) is 8.70. The normalized spacial score (nSPS) is 11.1. The first kappa shape index (κ1) is 12.7. The van der Waals surface area contributed by atoms with Gasteiger partial charge in [0.25, 0.3) is 0 Å². The van der Waals surface area contributed by atoms with Crippen molar-refractivity contribution >= 4 is 5.69 Å². The van der Waals surface area contributed by atoms with Gasteiger partial charge < -0.3 is 10.3 Å². The van der Waals surface area contributed by atoms with Gasteiger partial charge in [0.1, 0.15) is 5.82 Å². The predicted molar refractivity (Wildman–Crippen MR) is 72.4 cm³/mol. The second-order valence-corrected chi connectivity index (χ2v) is 4.82. The van der Waals surface area contributed by atoms with E-state index in [9.17, 15) is 0 Å². The Balaban J connectivity index is 2.06. The molecule has 2 heterocycles. The van der Waals surface area contributed by atoms with Gasteiger partial charge in [-0.1, -0.05) is 20.8 Å². The Labute approximate surface area is 108 Å². The zero-order chi connectivity index (χ0) is 13.0. The largest absolute Gasteiger partial charge is 0.375 e. The Hall–Kier alpha value is -1.78. The monoisotopic (exact) mass is 247 g/mol. The number of aromatic amines is 1. The van der Waals surface area contributed by atoms with Crippen molar-refractivity contribution in [1.82, 2.24) is 19.7 Å². The molecule has 0 aliphatic rings. The maximum absolute atomic E-state index is 4.45. The third-order valence-corrected chi connectivity index (χ3v) is 2.82. The van der Waals surface area contributed by atoms with Gasteiger partial charge in [-0.25, -0.2) is 4.98 Å². The van der Waals surface area contributed by atoms with Crippen LogP contribution < -0.4 is 5.32 Å². The van der Waals surface area contributed by atoms with E-state index in [0.29, 0.717) is 12.5 Å². The highest BCUT2D eigenvalue weighted by atomic mass is 15.3. The Bertz CT molecular complexity index is 470. The van der Waals surface area contributed by atoms with Crippen LogP contribution in [0, 0.1) is 5.92 Å². The van der Waals surface area contributed by atoms with Crippen LogP contribution in [0.5, 0.6) is 0 Å². The van der Waals surface area contributed by atoms with Crippen molar-refractivity contribution in [2.45, 2.75) is 40.3 Å². The lowest BCUT2D eigenvalue weighted by Gasteiger charge is -2.10. The number of hydrogen-bond acceptors (Lipinski definition) is 3. The number of nitrogens with zero attached hydrogens (tertiary/aromatic N) is 3. The third kappa shape index (κ3) is 2.91. The molecule has 0 fully saturated rings. The first-order valence-corrected chi connectivity index (χ1v) is 6.47. The molecule has 0 saturated heterocycles. The Kier molecular flexibility index (Phi) is 4.02. The van der Waals surface area contributed by atoms with Gasteiger partial charge >= 0.3 is 0 Å². The summed E-state index contributed by atoms with van der Waals surface area (Å²) in [6.45, 7) is 8.24. The van der Waals surface area contributed by atoms with Crippen LogP contribution in [0.2, 0.25) is 0 Å². The summed E-state index contributed by atoms with van der Waals surface area (Å²) in [6.07, 6.45) is 6.48. The van der Waals surface area contributed by atoms with Crippen molar-refractivity contribution in [1.29, 1.82) is 0 Å². The van der Waals surface area contributed by atoms with Gasteiger partial charge in [-0.05, 0) is 12.3 Å². The third-order valence-electron chi connectivity index (χ3n) is 2.82. The van der Waals surface area contributed by atoms with Crippen molar-refractivity contribution in [3.8, 4) is 0 Å². The number of rotatable bonds is 6. The van der Waals surface area contributed by atoms with E-state index >= 15 is 0 Å². The molecule has 2 rings (SSSR count). The first-order valence-electron chi connectivity index (χ1n) is 6.47. The lowest BCUT2D eigenvalue weighted by atomic mass is 10.2. The topological polar surface area (TPSA) is 58.5 Å². The van der Waals surface area contributed by atoms with Crippen LogP contribution in [0.15, 0.2) is 18.6 Å². The molecule has 0 aliphatic carbocycles. The summed E-state index contributed by atoms with van der Waals surface area (Å²) in [5, 5.41) is 7.83. The number of hydrogen-bond donors (Lipinski definition) is 2. The minimum atomic E-state index is 0.605. The summed E-state index contributed by atoms with van der Waals surface area (Å²) in [4.78, 5) is 7.28. The molecular formula is C13H21N5. The fourth-order valence-electron chi connectivity index (χ4n) is 2.01. The van der Waals surface area contributed by atoms with Crippen LogP contribution in [0.4, 0.5) is 5.69 Å². The van der Waals surface area contributed by atoms with Crippen molar-refractivity contribution in [2.24, 2.45) is 5.92 Å². The van der Waals surface area contributed by atoms with Gasteiger partial charge in [-0.2, -0.15) is 5.10 Å². The molecule has 0 aliphatic heterocycles. The smallest absolute Gasteiger partial charge is 0.125 e. The van der Waals surface area contributed by atoms with Gasteiger partial charge in [0.2, 0.25) is 0 Å². The number of imidazole rings is 1. The molecule has 5 heteroatoms. The van der Waals surface area contributed by atoms with E-state index < -0.39 is 0 Å². The van der Waals surface area contributed by atoms with E-state index in [1.54, 1.807) is 6.20 Å². The summed E-state index contributed by atoms with van der Waals surface area (Å²) < 4.78 is 2.09. The molecule has 98 valence electrons. The molecule has 0 bridgehead atoms. The second-order valence-electron chi connectivity index (χ2n) is 4.82. The molecule has 18 heavy (non-hydrogen) atoms. The molecule has 0 saturated carbocycles. The molecule has 0 spiro atoms. The lowest BCUT2D eigenvalue weighted by molar-refractivity contribution is 0.470. The minimum absolute atomic E-state index is 0.605. The molecule has 2 N–H and O–H groups in total. The van der Waals surface area contributed by atoms with E-state index in [1.165, 1.54) is 5.69 Å². The second kappa shape index (κ2) is 5.71. The van der Waals surface area contributed by atoms with Crippen molar-refractivity contribution in [3.05, 3.63) is 30.1 Å². The van der Waals surface area contributed by atoms with Crippen LogP contribution in [0.3, 0.4) is 0 Å². The lowest BCUT2D eigenvalue weighted by Crippen LogP contribution is -2.10. The van der Waals surface area contributed by atoms with Crippen LogP contribution in [-0.4, -0.2) is 19.7 Å². The number of aromatic nitrogens is 4. The molecule has 2 aromatic rings. The summed E-state index contributed by atoms with van der Waals surface area (Å²) in [7, 11) is 0. The Morgan fingerprint density at radius 2 is 2.28 bits per heavy atom. The molecule has 2 aromatic heterocycles. The van der Waals surface area contributed by atoms with Crippen molar-refractivity contribution in [3.63, 3.8) is 0 Å². The van der Waals surface area contributed by atoms with E-state index in [2.05, 4.69) is 45.8 Å². The van der Waals surface area contributed by atoms with E-state index in [0.717, 1.165) is 24.5 Å². The Morgan fingerprint density at radius 1 is 1.44 bits per heavy atom. The predicted octanol–water partition coefficient (Wildman–Crippen LogP) is 2.44. The maximum Gasteiger partial charge on any atom is 0.125 e. The number of anilines is 1. The van der Waals surface area contributed by atoms with Crippen molar-refractivity contribution in [2.75, 3.05) is 5.32 Å². The van der Waals surface area contributed by atoms with Gasteiger partial charge in [-0.15, -0.1) is 0 Å². The number of nitrogens with one attached hydrogen (secondary N) is 2. The zero-order valence-corrected chi connectivity index (χ0v) is 11.3. The Morgan fingerprint density at radius 3 is 2.89 bits per heavy atom. The van der Waals surface area contributed by atoms with Crippen LogP contribution in [0.1, 0.15) is 32.3 Å². The van der Waals surface area contributed by atoms with Gasteiger partial charge in [0.05, 0.1) is 24.1 Å². The van der Waals surface area contributed by atoms with Gasteiger partial charge in [-0.3, -0.25) is 4.68 Å². The summed E-state index contributed by atoms with van der Waals surface area (Å²) >= 11 is 0. The molecule has 5 nitrogen and oxygen atoms in total.